The quantitative estimate of drug-likeness (QED) is 0.671. The van der Waals surface area contributed by atoms with E-state index in [1.807, 2.05) is 6.07 Å². The molecule has 2 aliphatic rings. The lowest BCUT2D eigenvalue weighted by molar-refractivity contribution is -0.140. The van der Waals surface area contributed by atoms with E-state index in [2.05, 4.69) is 21.2 Å². The van der Waals surface area contributed by atoms with Crippen LogP contribution in [0.15, 0.2) is 70.0 Å². The molecule has 0 fully saturated rings. The Labute approximate surface area is 180 Å². The summed E-state index contributed by atoms with van der Waals surface area (Å²) in [7, 11) is 0. The first-order valence-electron chi connectivity index (χ1n) is 9.12. The van der Waals surface area contributed by atoms with Gasteiger partial charge in [0.05, 0.1) is 6.61 Å². The average Bonchev–Trinajstić information content (AvgIpc) is 3.00. The first-order valence-corrected chi connectivity index (χ1v) is 9.91. The highest BCUT2D eigenvalue weighted by molar-refractivity contribution is 9.10. The van der Waals surface area contributed by atoms with Crippen molar-refractivity contribution in [2.24, 2.45) is 5.73 Å². The Morgan fingerprint density at radius 3 is 2.70 bits per heavy atom. The molecule has 2 aromatic carbocycles. The van der Waals surface area contributed by atoms with Crippen LogP contribution in [0.5, 0.6) is 0 Å². The SMILES string of the molecule is CCOC(=O)C1=C(c2ccccc2)OC(N)=C(C#N)[C@]12C(=O)Nc1ccc(Br)cc12. The zero-order chi connectivity index (χ0) is 21.5. The minimum absolute atomic E-state index is 0.0773. The summed E-state index contributed by atoms with van der Waals surface area (Å²) >= 11 is 3.41. The average molecular weight is 466 g/mol. The third-order valence-corrected chi connectivity index (χ3v) is 5.53. The van der Waals surface area contributed by atoms with Gasteiger partial charge in [0.15, 0.2) is 5.41 Å². The predicted octanol–water partition coefficient (Wildman–Crippen LogP) is 3.34. The summed E-state index contributed by atoms with van der Waals surface area (Å²) in [5, 5.41) is 12.7. The van der Waals surface area contributed by atoms with Crippen LogP contribution in [0, 0.1) is 11.3 Å². The molecule has 1 atom stereocenters. The molecular weight excluding hydrogens is 450 g/mol. The Bertz CT molecular complexity index is 1180. The summed E-state index contributed by atoms with van der Waals surface area (Å²) in [6.45, 7) is 1.74. The molecular formula is C22H16BrN3O4. The Balaban J connectivity index is 2.15. The molecule has 0 saturated heterocycles. The van der Waals surface area contributed by atoms with Gasteiger partial charge in [-0.15, -0.1) is 0 Å². The fourth-order valence-corrected chi connectivity index (χ4v) is 4.20. The van der Waals surface area contributed by atoms with Crippen molar-refractivity contribution in [3.05, 3.63) is 81.2 Å². The maximum absolute atomic E-state index is 13.5. The Hall–Kier alpha value is -3.57. The van der Waals surface area contributed by atoms with Gasteiger partial charge in [-0.25, -0.2) is 4.79 Å². The number of nitrogens with one attached hydrogen (secondary N) is 1. The van der Waals surface area contributed by atoms with Crippen molar-refractivity contribution >= 4 is 39.3 Å². The van der Waals surface area contributed by atoms with Gasteiger partial charge in [0.25, 0.3) is 0 Å². The Kier molecular flexibility index (Phi) is 4.84. The monoisotopic (exact) mass is 465 g/mol. The second-order valence-electron chi connectivity index (χ2n) is 6.64. The molecule has 2 aliphatic heterocycles. The lowest BCUT2D eigenvalue weighted by Gasteiger charge is -2.34. The number of halogens is 1. The zero-order valence-corrected chi connectivity index (χ0v) is 17.4. The number of ether oxygens (including phenoxy) is 2. The number of anilines is 1. The van der Waals surface area contributed by atoms with Crippen LogP contribution < -0.4 is 11.1 Å². The van der Waals surface area contributed by atoms with Crippen LogP contribution in [0.3, 0.4) is 0 Å². The molecule has 8 heteroatoms. The van der Waals surface area contributed by atoms with Gasteiger partial charge in [-0.1, -0.05) is 46.3 Å². The fraction of sp³-hybridized carbons (Fsp3) is 0.136. The number of carbonyl (C=O) groups is 2. The summed E-state index contributed by atoms with van der Waals surface area (Å²) in [5.74, 6) is -1.50. The van der Waals surface area contributed by atoms with Gasteiger partial charge in [0.1, 0.15) is 23.0 Å². The molecule has 0 radical (unpaired) electrons. The topological polar surface area (TPSA) is 114 Å². The summed E-state index contributed by atoms with van der Waals surface area (Å²) in [5.41, 5.74) is 5.48. The summed E-state index contributed by atoms with van der Waals surface area (Å²) < 4.78 is 11.7. The molecule has 4 rings (SSSR count). The summed E-state index contributed by atoms with van der Waals surface area (Å²) in [6.07, 6.45) is 0. The van der Waals surface area contributed by atoms with Crippen molar-refractivity contribution in [3.63, 3.8) is 0 Å². The molecule has 0 unspecified atom stereocenters. The number of hydrogen-bond donors (Lipinski definition) is 2. The molecule has 0 saturated carbocycles. The number of nitrogens with two attached hydrogens (primary N) is 1. The van der Waals surface area contributed by atoms with Gasteiger partial charge < -0.3 is 20.5 Å². The molecule has 0 aromatic heterocycles. The molecule has 30 heavy (non-hydrogen) atoms. The number of carbonyl (C=O) groups excluding carboxylic acids is 2. The second kappa shape index (κ2) is 7.35. The van der Waals surface area contributed by atoms with Crippen molar-refractivity contribution in [3.8, 4) is 6.07 Å². The van der Waals surface area contributed by atoms with E-state index in [4.69, 9.17) is 15.2 Å². The Morgan fingerprint density at radius 1 is 1.30 bits per heavy atom. The van der Waals surface area contributed by atoms with E-state index in [1.165, 1.54) is 0 Å². The first-order chi connectivity index (χ1) is 14.4. The third-order valence-electron chi connectivity index (χ3n) is 5.04. The van der Waals surface area contributed by atoms with Gasteiger partial charge >= 0.3 is 5.97 Å². The largest absolute Gasteiger partial charge is 0.462 e. The zero-order valence-electron chi connectivity index (χ0n) is 15.9. The van der Waals surface area contributed by atoms with Crippen molar-refractivity contribution < 1.29 is 19.1 Å². The van der Waals surface area contributed by atoms with Crippen molar-refractivity contribution in [1.29, 1.82) is 5.26 Å². The molecule has 1 spiro atoms. The van der Waals surface area contributed by atoms with Crippen LogP contribution in [-0.2, 0) is 24.5 Å². The van der Waals surface area contributed by atoms with Crippen molar-refractivity contribution in [2.45, 2.75) is 12.3 Å². The molecule has 2 heterocycles. The maximum atomic E-state index is 13.5. The number of nitriles is 1. The van der Waals surface area contributed by atoms with Crippen molar-refractivity contribution in [2.75, 3.05) is 11.9 Å². The van der Waals surface area contributed by atoms with E-state index in [-0.39, 0.29) is 29.4 Å². The molecule has 1 amide bonds. The molecule has 2 aromatic rings. The van der Waals surface area contributed by atoms with E-state index >= 15 is 0 Å². The normalized spacial score (nSPS) is 19.8. The minimum atomic E-state index is -1.80. The van der Waals surface area contributed by atoms with E-state index in [0.29, 0.717) is 21.3 Å². The van der Waals surface area contributed by atoms with E-state index in [1.54, 1.807) is 55.5 Å². The number of fused-ring (bicyclic) bond motifs is 2. The van der Waals surface area contributed by atoms with Gasteiger partial charge in [-0.2, -0.15) is 5.26 Å². The highest BCUT2D eigenvalue weighted by Crippen LogP contribution is 2.53. The van der Waals surface area contributed by atoms with Crippen LogP contribution in [0.2, 0.25) is 0 Å². The molecule has 3 N–H and O–H groups in total. The van der Waals surface area contributed by atoms with Crippen LogP contribution in [0.25, 0.3) is 5.76 Å². The number of rotatable bonds is 3. The number of esters is 1. The van der Waals surface area contributed by atoms with Gasteiger partial charge in [0, 0.05) is 21.3 Å². The van der Waals surface area contributed by atoms with Crippen LogP contribution in [0.1, 0.15) is 18.1 Å². The maximum Gasteiger partial charge on any atom is 0.339 e. The van der Waals surface area contributed by atoms with E-state index in [9.17, 15) is 14.9 Å². The second-order valence-corrected chi connectivity index (χ2v) is 7.55. The summed E-state index contributed by atoms with van der Waals surface area (Å²) in [4.78, 5) is 26.7. The standard InChI is InChI=1S/C22H16BrN3O4/c1-2-29-20(27)17-18(12-6-4-3-5-7-12)30-19(25)15(11-24)22(17)14-10-13(23)8-9-16(14)26-21(22)28/h3-10H,2,25H2,1H3,(H,26,28)/t22-/m0/s1. The highest BCUT2D eigenvalue weighted by atomic mass is 79.9. The minimum Gasteiger partial charge on any atom is -0.462 e. The van der Waals surface area contributed by atoms with Crippen LogP contribution in [-0.4, -0.2) is 18.5 Å². The van der Waals surface area contributed by atoms with Gasteiger partial charge in [-0.3, -0.25) is 4.79 Å². The third kappa shape index (κ3) is 2.70. The summed E-state index contributed by atoms with van der Waals surface area (Å²) in [6, 6.07) is 15.9. The van der Waals surface area contributed by atoms with Crippen molar-refractivity contribution in [1.82, 2.24) is 0 Å². The molecule has 150 valence electrons. The first kappa shape index (κ1) is 19.7. The van der Waals surface area contributed by atoms with E-state index < -0.39 is 17.3 Å². The lowest BCUT2D eigenvalue weighted by atomic mass is 9.67. The Morgan fingerprint density at radius 2 is 2.03 bits per heavy atom. The van der Waals surface area contributed by atoms with Gasteiger partial charge in [-0.05, 0) is 25.1 Å². The molecule has 0 bridgehead atoms. The predicted molar refractivity (Wildman–Crippen MR) is 112 cm³/mol. The smallest absolute Gasteiger partial charge is 0.339 e. The number of nitrogens with zero attached hydrogens (tertiary/aromatic N) is 1. The van der Waals surface area contributed by atoms with Crippen LogP contribution >= 0.6 is 15.9 Å². The van der Waals surface area contributed by atoms with Crippen LogP contribution in [0.4, 0.5) is 5.69 Å². The highest BCUT2D eigenvalue weighted by Gasteiger charge is 2.60. The number of amides is 1. The molecule has 0 aliphatic carbocycles. The van der Waals surface area contributed by atoms with E-state index in [0.717, 1.165) is 0 Å². The number of hydrogen-bond acceptors (Lipinski definition) is 6. The molecule has 7 nitrogen and oxygen atoms in total. The fourth-order valence-electron chi connectivity index (χ4n) is 3.84. The lowest BCUT2D eigenvalue weighted by Crippen LogP contribution is -2.45. The van der Waals surface area contributed by atoms with Gasteiger partial charge in [0.2, 0.25) is 11.8 Å². The number of benzene rings is 2.